The molecule has 1 heterocycles. The topological polar surface area (TPSA) is 25.8 Å². The molecule has 1 aromatic heterocycles. The van der Waals surface area contributed by atoms with Crippen molar-refractivity contribution in [3.05, 3.63) is 23.8 Å². The van der Waals surface area contributed by atoms with Crippen LogP contribution < -0.4 is 0 Å². The molecule has 0 aromatic carbocycles. The van der Waals surface area contributed by atoms with Crippen LogP contribution in [0.1, 0.15) is 109 Å². The van der Waals surface area contributed by atoms with Gasteiger partial charge in [-0.3, -0.25) is 0 Å². The quantitative estimate of drug-likeness (QED) is 0.431. The van der Waals surface area contributed by atoms with Gasteiger partial charge in [-0.2, -0.15) is 0 Å². The number of unbranched alkanes of at least 4 members (excludes halogenated alkanes) is 2. The highest BCUT2D eigenvalue weighted by molar-refractivity contribution is 5.04. The lowest BCUT2D eigenvalue weighted by molar-refractivity contribution is 0.140. The van der Waals surface area contributed by atoms with Gasteiger partial charge >= 0.3 is 0 Å². The highest BCUT2D eigenvalue weighted by atomic mass is 14.9. The Morgan fingerprint density at radius 3 is 1.81 bits per heavy atom. The summed E-state index contributed by atoms with van der Waals surface area (Å²) in [5.74, 6) is 5.12. The Morgan fingerprint density at radius 2 is 1.30 bits per heavy atom. The first-order valence-corrected chi connectivity index (χ1v) is 12.1. The van der Waals surface area contributed by atoms with Crippen molar-refractivity contribution in [1.82, 2.24) is 9.97 Å². The minimum atomic E-state index is 0.918. The van der Waals surface area contributed by atoms with Gasteiger partial charge < -0.3 is 0 Å². The largest absolute Gasteiger partial charge is 0.241 e. The van der Waals surface area contributed by atoms with Crippen molar-refractivity contribution in [2.45, 2.75) is 110 Å². The van der Waals surface area contributed by atoms with E-state index in [2.05, 4.69) is 23.8 Å². The van der Waals surface area contributed by atoms with Gasteiger partial charge in [0.25, 0.3) is 0 Å². The molecule has 0 amide bonds. The number of aryl methyl sites for hydroxylation is 2. The molecule has 0 atom stereocenters. The van der Waals surface area contributed by atoms with Crippen molar-refractivity contribution in [1.29, 1.82) is 0 Å². The van der Waals surface area contributed by atoms with Crippen LogP contribution >= 0.6 is 0 Å². The summed E-state index contributed by atoms with van der Waals surface area (Å²) in [6.07, 6.45) is 25.2. The van der Waals surface area contributed by atoms with E-state index in [4.69, 9.17) is 0 Å². The molecule has 27 heavy (non-hydrogen) atoms. The Hall–Kier alpha value is -0.920. The van der Waals surface area contributed by atoms with Crippen LogP contribution in [0.2, 0.25) is 0 Å². The van der Waals surface area contributed by atoms with Crippen LogP contribution in [0.5, 0.6) is 0 Å². The summed E-state index contributed by atoms with van der Waals surface area (Å²) in [5, 5.41) is 0. The number of rotatable bonds is 9. The molecule has 0 bridgehead atoms. The number of nitrogens with zero attached hydrogens (tertiary/aromatic N) is 2. The van der Waals surface area contributed by atoms with Crippen molar-refractivity contribution < 1.29 is 0 Å². The molecule has 0 unspecified atom stereocenters. The summed E-state index contributed by atoms with van der Waals surface area (Å²) in [6, 6.07) is 0. The fourth-order valence-electron chi connectivity index (χ4n) is 5.61. The predicted molar refractivity (Wildman–Crippen MR) is 115 cm³/mol. The molecule has 152 valence electrons. The van der Waals surface area contributed by atoms with E-state index in [-0.39, 0.29) is 0 Å². The third-order valence-electron chi connectivity index (χ3n) is 7.61. The SMILES string of the molecule is CCCCCC1CCC(C2CCC(CCc3ncc(CC)cn3)CC2)CC1. The van der Waals surface area contributed by atoms with Gasteiger partial charge in [0.05, 0.1) is 0 Å². The van der Waals surface area contributed by atoms with Crippen molar-refractivity contribution in [3.8, 4) is 0 Å². The Labute approximate surface area is 168 Å². The molecule has 2 heteroatoms. The molecule has 2 saturated carbocycles. The summed E-state index contributed by atoms with van der Waals surface area (Å²) < 4.78 is 0. The maximum Gasteiger partial charge on any atom is 0.128 e. The molecule has 0 radical (unpaired) electrons. The van der Waals surface area contributed by atoms with Crippen LogP contribution in [0, 0.1) is 23.7 Å². The number of hydrogen-bond acceptors (Lipinski definition) is 2. The third kappa shape index (κ3) is 6.57. The smallest absolute Gasteiger partial charge is 0.128 e. The lowest BCUT2D eigenvalue weighted by Crippen LogP contribution is -2.26. The first kappa shape index (κ1) is 20.8. The van der Waals surface area contributed by atoms with E-state index in [1.165, 1.54) is 89.0 Å². The number of aromatic nitrogens is 2. The minimum Gasteiger partial charge on any atom is -0.241 e. The van der Waals surface area contributed by atoms with Gasteiger partial charge in [0.2, 0.25) is 0 Å². The van der Waals surface area contributed by atoms with Crippen LogP contribution in [0.15, 0.2) is 12.4 Å². The van der Waals surface area contributed by atoms with E-state index < -0.39 is 0 Å². The molecule has 1 aromatic rings. The highest BCUT2D eigenvalue weighted by Crippen LogP contribution is 2.43. The number of hydrogen-bond donors (Lipinski definition) is 0. The fourth-order valence-corrected chi connectivity index (χ4v) is 5.61. The molecule has 2 nitrogen and oxygen atoms in total. The van der Waals surface area contributed by atoms with Gasteiger partial charge in [0.15, 0.2) is 0 Å². The molecular formula is C25H42N2. The molecule has 2 aliphatic carbocycles. The van der Waals surface area contributed by atoms with Gasteiger partial charge in [0, 0.05) is 18.8 Å². The second-order valence-electron chi connectivity index (χ2n) is 9.46. The normalized spacial score (nSPS) is 29.0. The van der Waals surface area contributed by atoms with Gasteiger partial charge in [-0.05, 0) is 67.8 Å². The highest BCUT2D eigenvalue weighted by Gasteiger charge is 2.30. The van der Waals surface area contributed by atoms with Crippen LogP contribution in [-0.2, 0) is 12.8 Å². The summed E-state index contributed by atoms with van der Waals surface area (Å²) >= 11 is 0. The summed E-state index contributed by atoms with van der Waals surface area (Å²) in [4.78, 5) is 9.09. The van der Waals surface area contributed by atoms with E-state index >= 15 is 0 Å². The Balaban J connectivity index is 1.32. The van der Waals surface area contributed by atoms with Gasteiger partial charge in [-0.1, -0.05) is 65.2 Å². The lowest BCUT2D eigenvalue weighted by Gasteiger charge is -2.38. The Kier molecular flexibility index (Phi) is 8.61. The second-order valence-corrected chi connectivity index (χ2v) is 9.46. The molecule has 0 aliphatic heterocycles. The zero-order valence-electron chi connectivity index (χ0n) is 18.0. The van der Waals surface area contributed by atoms with E-state index in [0.29, 0.717) is 0 Å². The van der Waals surface area contributed by atoms with E-state index in [9.17, 15) is 0 Å². The predicted octanol–water partition coefficient (Wildman–Crippen LogP) is 7.16. The summed E-state index contributed by atoms with van der Waals surface area (Å²) in [7, 11) is 0. The van der Waals surface area contributed by atoms with E-state index in [1.807, 2.05) is 12.4 Å². The van der Waals surface area contributed by atoms with Crippen LogP contribution in [0.4, 0.5) is 0 Å². The van der Waals surface area contributed by atoms with Gasteiger partial charge in [0.1, 0.15) is 5.82 Å². The molecular weight excluding hydrogens is 328 g/mol. The molecule has 2 aliphatic rings. The monoisotopic (exact) mass is 370 g/mol. The molecule has 3 rings (SSSR count). The Bertz CT molecular complexity index is 508. The molecule has 2 fully saturated rings. The van der Waals surface area contributed by atoms with Crippen molar-refractivity contribution >= 4 is 0 Å². The van der Waals surface area contributed by atoms with Gasteiger partial charge in [-0.15, -0.1) is 0 Å². The first-order chi connectivity index (χ1) is 13.3. The third-order valence-corrected chi connectivity index (χ3v) is 7.61. The Morgan fingerprint density at radius 1 is 0.741 bits per heavy atom. The maximum absolute atomic E-state index is 4.54. The van der Waals surface area contributed by atoms with E-state index in [0.717, 1.165) is 42.3 Å². The second kappa shape index (κ2) is 11.2. The summed E-state index contributed by atoms with van der Waals surface area (Å²) in [6.45, 7) is 4.48. The minimum absolute atomic E-state index is 0.918. The maximum atomic E-state index is 4.54. The lowest BCUT2D eigenvalue weighted by atomic mass is 9.68. The average Bonchev–Trinajstić information content (AvgIpc) is 2.74. The van der Waals surface area contributed by atoms with Crippen LogP contribution in [-0.4, -0.2) is 9.97 Å². The van der Waals surface area contributed by atoms with E-state index in [1.54, 1.807) is 0 Å². The van der Waals surface area contributed by atoms with Gasteiger partial charge in [-0.25, -0.2) is 9.97 Å². The fraction of sp³-hybridized carbons (Fsp3) is 0.840. The summed E-state index contributed by atoms with van der Waals surface area (Å²) in [5.41, 5.74) is 1.25. The first-order valence-electron chi connectivity index (χ1n) is 12.1. The zero-order chi connectivity index (χ0) is 18.9. The molecule has 0 saturated heterocycles. The molecule has 0 N–H and O–H groups in total. The zero-order valence-corrected chi connectivity index (χ0v) is 18.0. The van der Waals surface area contributed by atoms with Crippen molar-refractivity contribution in [3.63, 3.8) is 0 Å². The van der Waals surface area contributed by atoms with Crippen molar-refractivity contribution in [2.24, 2.45) is 23.7 Å². The van der Waals surface area contributed by atoms with Crippen LogP contribution in [0.25, 0.3) is 0 Å². The van der Waals surface area contributed by atoms with Crippen LogP contribution in [0.3, 0.4) is 0 Å². The average molecular weight is 371 g/mol. The standard InChI is InChI=1S/C25H42N2/c1-3-5-6-7-21-8-13-23(14-9-21)24-15-10-22(11-16-24)12-17-25-26-18-20(4-2)19-27-25/h18-19,21-24H,3-17H2,1-2H3. The van der Waals surface area contributed by atoms with Crippen molar-refractivity contribution in [2.75, 3.05) is 0 Å². The molecule has 0 spiro atoms.